The zero-order chi connectivity index (χ0) is 27.7. The van der Waals surface area contributed by atoms with Gasteiger partial charge in [0.2, 0.25) is 0 Å². The van der Waals surface area contributed by atoms with Crippen LogP contribution in [-0.4, -0.2) is 82.3 Å². The molecule has 9 heteroatoms. The van der Waals surface area contributed by atoms with E-state index in [9.17, 15) is 15.0 Å². The largest absolute Gasteiger partial charge is 0.497 e. The van der Waals surface area contributed by atoms with E-state index in [0.717, 1.165) is 59.6 Å². The molecule has 1 aromatic heterocycles. The first-order chi connectivity index (χ1) is 18.7. The van der Waals surface area contributed by atoms with Gasteiger partial charge in [0.15, 0.2) is 0 Å². The topological polar surface area (TPSA) is 103 Å². The van der Waals surface area contributed by atoms with Gasteiger partial charge in [-0.2, -0.15) is 5.10 Å². The number of piperazine rings is 1. The number of aromatic nitrogens is 2. The Kier molecular flexibility index (Phi) is 7.93. The van der Waals surface area contributed by atoms with Crippen molar-refractivity contribution in [1.82, 2.24) is 20.0 Å². The summed E-state index contributed by atoms with van der Waals surface area (Å²) in [5.41, 5.74) is 5.56. The van der Waals surface area contributed by atoms with E-state index in [-0.39, 0.29) is 18.6 Å². The van der Waals surface area contributed by atoms with Crippen LogP contribution in [0.4, 0.5) is 5.69 Å². The van der Waals surface area contributed by atoms with Gasteiger partial charge in [0, 0.05) is 61.8 Å². The molecule has 39 heavy (non-hydrogen) atoms. The number of hydrogen-bond donors (Lipinski definition) is 3. The highest BCUT2D eigenvalue weighted by atomic mass is 16.5. The zero-order valence-corrected chi connectivity index (χ0v) is 23.2. The van der Waals surface area contributed by atoms with Crippen LogP contribution in [0.1, 0.15) is 47.3 Å². The quantitative estimate of drug-likeness (QED) is 0.389. The van der Waals surface area contributed by atoms with Crippen LogP contribution in [0.25, 0.3) is 11.1 Å². The van der Waals surface area contributed by atoms with Crippen molar-refractivity contribution in [1.29, 1.82) is 0 Å². The summed E-state index contributed by atoms with van der Waals surface area (Å²) < 4.78 is 7.31. The fraction of sp³-hybridized carbons (Fsp3) is 0.467. The Balaban J connectivity index is 1.31. The molecule has 0 spiro atoms. The number of carbonyl (C=O) groups excluding carboxylic acids is 1. The maximum Gasteiger partial charge on any atom is 0.252 e. The van der Waals surface area contributed by atoms with Gasteiger partial charge in [0.1, 0.15) is 5.75 Å². The molecule has 0 aliphatic carbocycles. The second-order valence-electron chi connectivity index (χ2n) is 10.9. The molecule has 3 aromatic rings. The molecular formula is C30H39N5O4. The van der Waals surface area contributed by atoms with Crippen LogP contribution >= 0.6 is 0 Å². The number of carbonyl (C=O) groups is 1. The molecule has 1 amide bonds. The van der Waals surface area contributed by atoms with Crippen molar-refractivity contribution in [3.8, 4) is 16.9 Å². The van der Waals surface area contributed by atoms with E-state index in [1.807, 2.05) is 57.6 Å². The summed E-state index contributed by atoms with van der Waals surface area (Å²) in [7, 11) is 3.53. The maximum atomic E-state index is 13.5. The molecule has 2 fully saturated rings. The number of benzene rings is 2. The standard InChI is InChI=1S/C30H39N5O4/c1-19-5-6-24(34-15-25-7-8-26(16-34)35(25)17-27(37)18-36)12-29(19)30(38)32-20(2)21-9-22(11-28(10-21)39-4)23-13-31-33(3)14-23/h5-6,9-14,20,25-27,36-37H,7-8,15-18H2,1-4H3,(H,32,38)/t20-,25-,26+,27-/m1/s1. The number of aliphatic hydroxyl groups is 2. The molecule has 9 nitrogen and oxygen atoms in total. The maximum absolute atomic E-state index is 13.5. The predicted octanol–water partition coefficient (Wildman–Crippen LogP) is 2.90. The minimum atomic E-state index is -0.707. The SMILES string of the molecule is COc1cc(-c2cnn(C)c2)cc([C@@H](C)NC(=O)c2cc(N3C[C@H]4CC[C@@H](C3)N4C[C@@H](O)CO)ccc2C)c1. The van der Waals surface area contributed by atoms with Crippen LogP contribution < -0.4 is 15.0 Å². The Labute approximate surface area is 230 Å². The summed E-state index contributed by atoms with van der Waals surface area (Å²) in [4.78, 5) is 18.2. The van der Waals surface area contributed by atoms with E-state index in [1.54, 1.807) is 11.8 Å². The van der Waals surface area contributed by atoms with Gasteiger partial charge in [-0.3, -0.25) is 14.4 Å². The first-order valence-electron chi connectivity index (χ1n) is 13.6. The predicted molar refractivity (Wildman–Crippen MR) is 151 cm³/mol. The molecule has 3 heterocycles. The number of methoxy groups -OCH3 is 1. The highest BCUT2D eigenvalue weighted by Crippen LogP contribution is 2.34. The smallest absolute Gasteiger partial charge is 0.252 e. The molecule has 5 rings (SSSR count). The van der Waals surface area contributed by atoms with Crippen molar-refractivity contribution in [3.63, 3.8) is 0 Å². The first kappa shape index (κ1) is 27.2. The third kappa shape index (κ3) is 5.80. The van der Waals surface area contributed by atoms with Crippen LogP contribution in [-0.2, 0) is 7.05 Å². The lowest BCUT2D eigenvalue weighted by Gasteiger charge is -2.42. The van der Waals surface area contributed by atoms with Crippen LogP contribution in [0.15, 0.2) is 48.8 Å². The lowest BCUT2D eigenvalue weighted by molar-refractivity contribution is 0.0376. The minimum Gasteiger partial charge on any atom is -0.497 e. The molecule has 3 N–H and O–H groups in total. The van der Waals surface area contributed by atoms with Crippen LogP contribution in [0.2, 0.25) is 0 Å². The van der Waals surface area contributed by atoms with Crippen molar-refractivity contribution >= 4 is 11.6 Å². The molecule has 2 saturated heterocycles. The number of hydrogen-bond acceptors (Lipinski definition) is 7. The van der Waals surface area contributed by atoms with Gasteiger partial charge < -0.3 is 25.2 Å². The van der Waals surface area contributed by atoms with E-state index >= 15 is 0 Å². The number of amides is 1. The summed E-state index contributed by atoms with van der Waals surface area (Å²) in [6.07, 6.45) is 5.23. The van der Waals surface area contributed by atoms with E-state index < -0.39 is 6.10 Å². The van der Waals surface area contributed by atoms with Crippen molar-refractivity contribution < 1.29 is 19.7 Å². The van der Waals surface area contributed by atoms with Gasteiger partial charge in [0.25, 0.3) is 5.91 Å². The molecule has 2 bridgehead atoms. The third-order valence-corrected chi connectivity index (χ3v) is 8.15. The summed E-state index contributed by atoms with van der Waals surface area (Å²) in [5, 5.41) is 26.7. The molecule has 4 atom stereocenters. The average Bonchev–Trinajstić information content (AvgIpc) is 3.46. The number of rotatable bonds is 9. The van der Waals surface area contributed by atoms with E-state index in [2.05, 4.69) is 32.3 Å². The number of nitrogens with one attached hydrogen (secondary N) is 1. The van der Waals surface area contributed by atoms with Crippen molar-refractivity contribution in [2.45, 2.75) is 50.9 Å². The summed E-state index contributed by atoms with van der Waals surface area (Å²) in [6, 6.07) is 12.6. The molecular weight excluding hydrogens is 494 g/mol. The van der Waals surface area contributed by atoms with Crippen molar-refractivity contribution in [3.05, 3.63) is 65.5 Å². The van der Waals surface area contributed by atoms with E-state index in [1.165, 1.54) is 0 Å². The van der Waals surface area contributed by atoms with Gasteiger partial charge >= 0.3 is 0 Å². The summed E-state index contributed by atoms with van der Waals surface area (Å²) >= 11 is 0. The van der Waals surface area contributed by atoms with Gasteiger partial charge in [-0.15, -0.1) is 0 Å². The molecule has 2 aliphatic rings. The number of ether oxygens (including phenoxy) is 1. The molecule has 208 valence electrons. The number of nitrogens with zero attached hydrogens (tertiary/aromatic N) is 4. The lowest BCUT2D eigenvalue weighted by Crippen LogP contribution is -2.55. The Morgan fingerprint density at radius 2 is 1.90 bits per heavy atom. The van der Waals surface area contributed by atoms with Crippen LogP contribution in [0.5, 0.6) is 5.75 Å². The Bertz CT molecular complexity index is 1310. The lowest BCUT2D eigenvalue weighted by atomic mass is 10.0. The number of fused-ring (bicyclic) bond motifs is 2. The van der Waals surface area contributed by atoms with Gasteiger partial charge in [-0.25, -0.2) is 0 Å². The van der Waals surface area contributed by atoms with Crippen molar-refractivity contribution in [2.75, 3.05) is 38.3 Å². The highest BCUT2D eigenvalue weighted by Gasteiger charge is 2.40. The zero-order valence-electron chi connectivity index (χ0n) is 23.2. The summed E-state index contributed by atoms with van der Waals surface area (Å²) in [5.74, 6) is 0.617. The van der Waals surface area contributed by atoms with Gasteiger partial charge in [0.05, 0.1) is 32.1 Å². The average molecular weight is 534 g/mol. The molecule has 0 saturated carbocycles. The third-order valence-electron chi connectivity index (χ3n) is 8.15. The molecule has 2 aromatic carbocycles. The summed E-state index contributed by atoms with van der Waals surface area (Å²) in [6.45, 7) is 5.93. The monoisotopic (exact) mass is 533 g/mol. The molecule has 2 aliphatic heterocycles. The van der Waals surface area contributed by atoms with Crippen LogP contribution in [0.3, 0.4) is 0 Å². The van der Waals surface area contributed by atoms with Gasteiger partial charge in [-0.05, 0) is 73.7 Å². The van der Waals surface area contributed by atoms with Crippen LogP contribution in [0, 0.1) is 6.92 Å². The van der Waals surface area contributed by atoms with E-state index in [4.69, 9.17) is 4.74 Å². The second-order valence-corrected chi connectivity index (χ2v) is 10.9. The van der Waals surface area contributed by atoms with Gasteiger partial charge in [-0.1, -0.05) is 6.07 Å². The molecule has 0 unspecified atom stereocenters. The minimum absolute atomic E-state index is 0.111. The number of aryl methyl sites for hydroxylation is 2. The van der Waals surface area contributed by atoms with E-state index in [0.29, 0.717) is 24.2 Å². The first-order valence-corrected chi connectivity index (χ1v) is 13.6. The normalized spacial score (nSPS) is 20.6. The fourth-order valence-corrected chi connectivity index (χ4v) is 5.94. The number of anilines is 1. The Morgan fingerprint density at radius 1 is 1.15 bits per heavy atom. The Morgan fingerprint density at radius 3 is 2.54 bits per heavy atom. The molecule has 0 radical (unpaired) electrons. The van der Waals surface area contributed by atoms with Crippen molar-refractivity contribution in [2.24, 2.45) is 7.05 Å². The Hall–Kier alpha value is -3.40. The second kappa shape index (κ2) is 11.4. The highest BCUT2D eigenvalue weighted by molar-refractivity contribution is 5.97. The fourth-order valence-electron chi connectivity index (χ4n) is 5.94. The number of aliphatic hydroxyl groups excluding tert-OH is 2.